The van der Waals surface area contributed by atoms with Crippen molar-refractivity contribution in [2.45, 2.75) is 6.42 Å². The van der Waals surface area contributed by atoms with Gasteiger partial charge in [-0.2, -0.15) is 5.10 Å². The molecule has 1 saturated heterocycles. The molecule has 4 rings (SSSR count). The van der Waals surface area contributed by atoms with Gasteiger partial charge in [-0.1, -0.05) is 54.2 Å². The first-order chi connectivity index (χ1) is 10.8. The van der Waals surface area contributed by atoms with Crippen LogP contribution in [0.3, 0.4) is 0 Å². The molecule has 1 heterocycles. The van der Waals surface area contributed by atoms with Crippen molar-refractivity contribution in [3.63, 3.8) is 0 Å². The van der Waals surface area contributed by atoms with Gasteiger partial charge in [-0.25, -0.2) is 0 Å². The summed E-state index contributed by atoms with van der Waals surface area (Å²) >= 11 is 1.39. The lowest BCUT2D eigenvalue weighted by molar-refractivity contribution is -0.116. The maximum absolute atomic E-state index is 11.1. The molecular formula is C17H15N3OS. The molecule has 1 aliphatic heterocycles. The van der Waals surface area contributed by atoms with Crippen molar-refractivity contribution in [2.24, 2.45) is 22.0 Å². The zero-order valence-corrected chi connectivity index (χ0v) is 12.7. The fourth-order valence-electron chi connectivity index (χ4n) is 3.24. The average molecular weight is 309 g/mol. The number of carbonyl (C=O) groups is 1. The Balaban J connectivity index is 1.63. The van der Waals surface area contributed by atoms with Crippen LogP contribution in [0.4, 0.5) is 0 Å². The van der Waals surface area contributed by atoms with Gasteiger partial charge in [0, 0.05) is 11.8 Å². The van der Waals surface area contributed by atoms with Gasteiger partial charge in [-0.05, 0) is 23.1 Å². The van der Waals surface area contributed by atoms with Crippen LogP contribution in [0.2, 0.25) is 0 Å². The van der Waals surface area contributed by atoms with E-state index in [-0.39, 0.29) is 5.91 Å². The molecule has 1 amide bonds. The molecule has 1 fully saturated rings. The van der Waals surface area contributed by atoms with Gasteiger partial charge in [0.15, 0.2) is 5.17 Å². The number of nitrogens with one attached hydrogen (secondary N) is 1. The molecule has 0 aromatic heterocycles. The first-order valence-corrected chi connectivity index (χ1v) is 8.31. The molecule has 5 heteroatoms. The SMILES string of the molecule is O=C1CS/C(=N/N=C\C2=C(c3ccccc3)[C@H]3C=C[C@@H]2C3)N1. The number of nitrogens with zero attached hydrogens (tertiary/aromatic N) is 2. The summed E-state index contributed by atoms with van der Waals surface area (Å²) in [6.45, 7) is 0. The van der Waals surface area contributed by atoms with Crippen molar-refractivity contribution in [2.75, 3.05) is 5.75 Å². The van der Waals surface area contributed by atoms with E-state index in [9.17, 15) is 4.79 Å². The molecule has 0 unspecified atom stereocenters. The smallest absolute Gasteiger partial charge is 0.236 e. The lowest BCUT2D eigenvalue weighted by Gasteiger charge is -2.13. The topological polar surface area (TPSA) is 53.8 Å². The predicted molar refractivity (Wildman–Crippen MR) is 90.6 cm³/mol. The van der Waals surface area contributed by atoms with Crippen LogP contribution in [0.1, 0.15) is 12.0 Å². The molecule has 110 valence electrons. The first kappa shape index (κ1) is 13.5. The standard InChI is InChI=1S/C17H15N3OS/c21-15-10-22-17(19-15)20-18-9-14-12-6-7-13(8-12)16(14)11-4-2-1-3-5-11/h1-7,9,12-13H,8,10H2,(H,19,20,21)/b18-9-/t12-,13+/m1/s1. The number of hydrogen-bond acceptors (Lipinski definition) is 4. The van der Waals surface area contributed by atoms with Crippen molar-refractivity contribution < 1.29 is 4.79 Å². The third-order valence-corrected chi connectivity index (χ3v) is 5.05. The van der Waals surface area contributed by atoms with Crippen LogP contribution in [0.15, 0.2) is 58.3 Å². The Bertz CT molecular complexity index is 734. The minimum absolute atomic E-state index is 0.00834. The van der Waals surface area contributed by atoms with Crippen LogP contribution in [0.25, 0.3) is 5.57 Å². The summed E-state index contributed by atoms with van der Waals surface area (Å²) in [4.78, 5) is 11.1. The molecule has 3 aliphatic rings. The molecule has 2 aliphatic carbocycles. The summed E-state index contributed by atoms with van der Waals surface area (Å²) in [5, 5.41) is 11.6. The number of rotatable bonds is 3. The summed E-state index contributed by atoms with van der Waals surface area (Å²) < 4.78 is 0. The second kappa shape index (κ2) is 5.57. The monoisotopic (exact) mass is 309 g/mol. The van der Waals surface area contributed by atoms with Crippen LogP contribution >= 0.6 is 11.8 Å². The summed E-state index contributed by atoms with van der Waals surface area (Å²) in [6, 6.07) is 10.5. The highest BCUT2D eigenvalue weighted by Gasteiger charge is 2.34. The van der Waals surface area contributed by atoms with Crippen LogP contribution in [-0.2, 0) is 4.79 Å². The van der Waals surface area contributed by atoms with Crippen molar-refractivity contribution in [3.05, 3.63) is 53.6 Å². The average Bonchev–Trinajstić information content (AvgIpc) is 3.24. The highest BCUT2D eigenvalue weighted by atomic mass is 32.2. The second-order valence-corrected chi connectivity index (χ2v) is 6.52. The second-order valence-electron chi connectivity index (χ2n) is 5.56. The van der Waals surface area contributed by atoms with Crippen molar-refractivity contribution in [1.29, 1.82) is 0 Å². The molecule has 2 atom stereocenters. The van der Waals surface area contributed by atoms with Crippen LogP contribution in [0, 0.1) is 11.8 Å². The molecule has 1 N–H and O–H groups in total. The Morgan fingerprint density at radius 1 is 1.18 bits per heavy atom. The molecule has 0 radical (unpaired) electrons. The first-order valence-electron chi connectivity index (χ1n) is 7.33. The van der Waals surface area contributed by atoms with Crippen molar-refractivity contribution in [1.82, 2.24) is 5.32 Å². The lowest BCUT2D eigenvalue weighted by atomic mass is 9.92. The van der Waals surface area contributed by atoms with E-state index in [1.807, 2.05) is 12.3 Å². The van der Waals surface area contributed by atoms with Gasteiger partial charge in [0.25, 0.3) is 0 Å². The number of fused-ring (bicyclic) bond motifs is 2. The predicted octanol–water partition coefficient (Wildman–Crippen LogP) is 2.85. The van der Waals surface area contributed by atoms with Crippen LogP contribution in [0.5, 0.6) is 0 Å². The Kier molecular flexibility index (Phi) is 3.42. The van der Waals surface area contributed by atoms with Gasteiger partial charge in [-0.15, -0.1) is 5.10 Å². The van der Waals surface area contributed by atoms with Crippen LogP contribution in [-0.4, -0.2) is 23.0 Å². The Morgan fingerprint density at radius 3 is 2.77 bits per heavy atom. The number of benzene rings is 1. The number of allylic oxidation sites excluding steroid dienone is 4. The zero-order chi connectivity index (χ0) is 14.9. The largest absolute Gasteiger partial charge is 0.303 e. The highest BCUT2D eigenvalue weighted by Crippen LogP contribution is 2.47. The van der Waals surface area contributed by atoms with E-state index in [2.05, 4.69) is 51.9 Å². The highest BCUT2D eigenvalue weighted by molar-refractivity contribution is 8.15. The number of amides is 1. The van der Waals surface area contributed by atoms with E-state index in [0.717, 1.165) is 6.42 Å². The van der Waals surface area contributed by atoms with Crippen LogP contribution < -0.4 is 5.32 Å². The van der Waals surface area contributed by atoms with E-state index in [1.54, 1.807) is 0 Å². The molecule has 0 saturated carbocycles. The summed E-state index contributed by atoms with van der Waals surface area (Å²) in [7, 11) is 0. The molecule has 0 spiro atoms. The fourth-order valence-corrected chi connectivity index (χ4v) is 3.87. The summed E-state index contributed by atoms with van der Waals surface area (Å²) in [6.07, 6.45) is 7.54. The fraction of sp³-hybridized carbons (Fsp3) is 0.235. The van der Waals surface area contributed by atoms with E-state index in [4.69, 9.17) is 0 Å². The van der Waals surface area contributed by atoms with Gasteiger partial charge >= 0.3 is 0 Å². The minimum Gasteiger partial charge on any atom is -0.303 e. The number of thioether (sulfide) groups is 1. The van der Waals surface area contributed by atoms with Gasteiger partial charge in [0.05, 0.1) is 12.0 Å². The molecule has 4 nitrogen and oxygen atoms in total. The molecule has 1 aromatic rings. The van der Waals surface area contributed by atoms with E-state index < -0.39 is 0 Å². The Morgan fingerprint density at radius 2 is 2.00 bits per heavy atom. The summed E-state index contributed by atoms with van der Waals surface area (Å²) in [5.74, 6) is 1.35. The number of carbonyl (C=O) groups excluding carboxylic acids is 1. The van der Waals surface area contributed by atoms with Crippen molar-refractivity contribution >= 4 is 34.6 Å². The van der Waals surface area contributed by atoms with Crippen molar-refractivity contribution in [3.8, 4) is 0 Å². The third kappa shape index (κ3) is 2.41. The van der Waals surface area contributed by atoms with E-state index in [0.29, 0.717) is 22.8 Å². The Hall–Kier alpha value is -2.14. The Labute approximate surface area is 133 Å². The van der Waals surface area contributed by atoms with Gasteiger partial charge in [0.1, 0.15) is 0 Å². The maximum atomic E-state index is 11.1. The molecule has 2 bridgehead atoms. The number of amidine groups is 1. The molecule has 22 heavy (non-hydrogen) atoms. The van der Waals surface area contributed by atoms with Gasteiger partial charge in [-0.3, -0.25) is 4.79 Å². The van der Waals surface area contributed by atoms with Gasteiger partial charge < -0.3 is 5.32 Å². The summed E-state index contributed by atoms with van der Waals surface area (Å²) in [5.41, 5.74) is 3.87. The molecular weight excluding hydrogens is 294 g/mol. The third-order valence-electron chi connectivity index (χ3n) is 4.18. The normalized spacial score (nSPS) is 28.4. The van der Waals surface area contributed by atoms with Gasteiger partial charge in [0.2, 0.25) is 5.91 Å². The lowest BCUT2D eigenvalue weighted by Crippen LogP contribution is -2.19. The number of hydrogen-bond donors (Lipinski definition) is 1. The molecule has 1 aromatic carbocycles. The minimum atomic E-state index is -0.00834. The maximum Gasteiger partial charge on any atom is 0.236 e. The van der Waals surface area contributed by atoms with E-state index >= 15 is 0 Å². The zero-order valence-electron chi connectivity index (χ0n) is 11.9. The quantitative estimate of drug-likeness (QED) is 0.530. The van der Waals surface area contributed by atoms with E-state index in [1.165, 1.54) is 28.5 Å².